The van der Waals surface area contributed by atoms with E-state index < -0.39 is 0 Å². The number of hydrogen-bond donors (Lipinski definition) is 1. The Morgan fingerprint density at radius 1 is 1.08 bits per heavy atom. The number of halogens is 1. The van der Waals surface area contributed by atoms with E-state index in [4.69, 9.17) is 16.7 Å². The third-order valence-corrected chi connectivity index (χ3v) is 4.81. The smallest absolute Gasteiger partial charge is 0.133 e. The average molecular weight is 338 g/mol. The van der Waals surface area contributed by atoms with Crippen molar-refractivity contribution in [2.24, 2.45) is 0 Å². The van der Waals surface area contributed by atoms with Crippen molar-refractivity contribution in [2.75, 3.05) is 11.9 Å². The molecule has 0 amide bonds. The van der Waals surface area contributed by atoms with Crippen molar-refractivity contribution in [1.82, 2.24) is 9.78 Å². The number of para-hydroxylation sites is 1. The summed E-state index contributed by atoms with van der Waals surface area (Å²) in [6, 6.07) is 16.4. The minimum Gasteiger partial charge on any atom is -0.369 e. The van der Waals surface area contributed by atoms with Gasteiger partial charge >= 0.3 is 0 Å². The van der Waals surface area contributed by atoms with E-state index >= 15 is 0 Å². The van der Waals surface area contributed by atoms with E-state index in [0.717, 1.165) is 40.8 Å². The highest BCUT2D eigenvalue weighted by Crippen LogP contribution is 2.36. The maximum atomic E-state index is 6.04. The van der Waals surface area contributed by atoms with Gasteiger partial charge in [0.05, 0.1) is 11.4 Å². The van der Waals surface area contributed by atoms with E-state index in [2.05, 4.69) is 48.1 Å². The summed E-state index contributed by atoms with van der Waals surface area (Å²) in [6.07, 6.45) is 0.997. The van der Waals surface area contributed by atoms with Crippen molar-refractivity contribution in [2.45, 2.75) is 26.2 Å². The highest BCUT2D eigenvalue weighted by Gasteiger charge is 2.25. The fourth-order valence-electron chi connectivity index (χ4n) is 3.36. The Bertz CT molecular complexity index is 878. The van der Waals surface area contributed by atoms with Crippen molar-refractivity contribution in [3.63, 3.8) is 0 Å². The van der Waals surface area contributed by atoms with Gasteiger partial charge in [-0.05, 0) is 36.1 Å². The summed E-state index contributed by atoms with van der Waals surface area (Å²) < 4.78 is 2.07. The van der Waals surface area contributed by atoms with Crippen LogP contribution in [0, 0.1) is 0 Å². The van der Waals surface area contributed by atoms with Crippen LogP contribution >= 0.6 is 11.6 Å². The van der Waals surface area contributed by atoms with Crippen LogP contribution in [-0.4, -0.2) is 16.3 Å². The molecule has 4 rings (SSSR count). The second kappa shape index (κ2) is 5.99. The minimum absolute atomic E-state index is 0.446. The zero-order valence-electron chi connectivity index (χ0n) is 13.9. The highest BCUT2D eigenvalue weighted by molar-refractivity contribution is 6.30. The Morgan fingerprint density at radius 3 is 2.58 bits per heavy atom. The van der Waals surface area contributed by atoms with Crippen LogP contribution in [0.4, 0.5) is 5.82 Å². The summed E-state index contributed by atoms with van der Waals surface area (Å²) in [7, 11) is 0. The first kappa shape index (κ1) is 15.3. The molecule has 1 aromatic heterocycles. The second-order valence-electron chi connectivity index (χ2n) is 6.48. The molecular weight excluding hydrogens is 318 g/mol. The van der Waals surface area contributed by atoms with Crippen LogP contribution in [0.1, 0.15) is 30.9 Å². The fraction of sp³-hybridized carbons (Fsp3) is 0.250. The average Bonchev–Trinajstić information content (AvgIpc) is 3.18. The van der Waals surface area contributed by atoms with Crippen LogP contribution in [0.25, 0.3) is 16.9 Å². The maximum Gasteiger partial charge on any atom is 0.133 e. The van der Waals surface area contributed by atoms with Crippen molar-refractivity contribution in [1.29, 1.82) is 0 Å². The van der Waals surface area contributed by atoms with Gasteiger partial charge in [-0.2, -0.15) is 5.10 Å². The highest BCUT2D eigenvalue weighted by atomic mass is 35.5. The predicted octanol–water partition coefficient (Wildman–Crippen LogP) is 5.28. The van der Waals surface area contributed by atoms with Gasteiger partial charge in [-0.1, -0.05) is 55.8 Å². The molecule has 1 aliphatic rings. The molecule has 0 saturated carbocycles. The number of benzene rings is 2. The lowest BCUT2D eigenvalue weighted by atomic mass is 10.0. The van der Waals surface area contributed by atoms with Gasteiger partial charge in [0, 0.05) is 22.7 Å². The topological polar surface area (TPSA) is 29.9 Å². The molecule has 0 unspecified atom stereocenters. The Morgan fingerprint density at radius 2 is 1.83 bits per heavy atom. The van der Waals surface area contributed by atoms with Crippen LogP contribution in [0.3, 0.4) is 0 Å². The van der Waals surface area contributed by atoms with E-state index in [1.807, 2.05) is 24.3 Å². The molecule has 0 atom stereocenters. The van der Waals surface area contributed by atoms with Crippen LogP contribution in [-0.2, 0) is 6.42 Å². The molecule has 3 aromatic rings. The standard InChI is InChI=1S/C20H20ClN3/c1-13(2)16-5-3-4-6-18(16)24-20-17(11-12-22-20)19(23-24)14-7-9-15(21)10-8-14/h3-10,13,22H,11-12H2,1-2H3. The van der Waals surface area contributed by atoms with E-state index in [1.165, 1.54) is 11.1 Å². The van der Waals surface area contributed by atoms with E-state index in [-0.39, 0.29) is 0 Å². The normalized spacial score (nSPS) is 13.2. The molecule has 0 bridgehead atoms. The van der Waals surface area contributed by atoms with Crippen molar-refractivity contribution >= 4 is 17.4 Å². The Balaban J connectivity index is 1.90. The number of anilines is 1. The zero-order chi connectivity index (χ0) is 16.7. The summed E-state index contributed by atoms with van der Waals surface area (Å²) >= 11 is 6.04. The monoisotopic (exact) mass is 337 g/mol. The number of rotatable bonds is 3. The first-order valence-electron chi connectivity index (χ1n) is 8.36. The summed E-state index contributed by atoms with van der Waals surface area (Å²) in [4.78, 5) is 0. The molecular formula is C20H20ClN3. The number of nitrogens with zero attached hydrogens (tertiary/aromatic N) is 2. The summed E-state index contributed by atoms with van der Waals surface area (Å²) in [6.45, 7) is 5.39. The Kier molecular flexibility index (Phi) is 3.81. The zero-order valence-corrected chi connectivity index (χ0v) is 14.6. The number of hydrogen-bond acceptors (Lipinski definition) is 2. The molecule has 0 spiro atoms. The Labute approximate surface area is 147 Å². The first-order chi connectivity index (χ1) is 11.6. The summed E-state index contributed by atoms with van der Waals surface area (Å²) in [5, 5.41) is 9.21. The van der Waals surface area contributed by atoms with Gasteiger partial charge in [0.2, 0.25) is 0 Å². The third kappa shape index (κ3) is 2.49. The van der Waals surface area contributed by atoms with Gasteiger partial charge in [0.25, 0.3) is 0 Å². The van der Waals surface area contributed by atoms with Gasteiger partial charge < -0.3 is 5.32 Å². The van der Waals surface area contributed by atoms with E-state index in [9.17, 15) is 0 Å². The molecule has 122 valence electrons. The van der Waals surface area contributed by atoms with Gasteiger partial charge in [0.1, 0.15) is 5.82 Å². The lowest BCUT2D eigenvalue weighted by Crippen LogP contribution is -2.07. The van der Waals surface area contributed by atoms with Gasteiger partial charge in [-0.25, -0.2) is 4.68 Å². The molecule has 0 fully saturated rings. The van der Waals surface area contributed by atoms with Crippen LogP contribution in [0.2, 0.25) is 5.02 Å². The molecule has 2 aromatic carbocycles. The molecule has 2 heterocycles. The number of fused-ring (bicyclic) bond motifs is 1. The third-order valence-electron chi connectivity index (χ3n) is 4.56. The molecule has 3 nitrogen and oxygen atoms in total. The second-order valence-corrected chi connectivity index (χ2v) is 6.92. The van der Waals surface area contributed by atoms with Crippen LogP contribution < -0.4 is 5.32 Å². The van der Waals surface area contributed by atoms with Gasteiger partial charge in [0.15, 0.2) is 0 Å². The molecule has 1 N–H and O–H groups in total. The molecule has 0 saturated heterocycles. The molecule has 0 radical (unpaired) electrons. The predicted molar refractivity (Wildman–Crippen MR) is 100 cm³/mol. The molecule has 4 heteroatoms. The quantitative estimate of drug-likeness (QED) is 0.704. The molecule has 1 aliphatic heterocycles. The molecule has 0 aliphatic carbocycles. The minimum atomic E-state index is 0.446. The lowest BCUT2D eigenvalue weighted by Gasteiger charge is -2.14. The van der Waals surface area contributed by atoms with E-state index in [1.54, 1.807) is 0 Å². The van der Waals surface area contributed by atoms with Crippen LogP contribution in [0.5, 0.6) is 0 Å². The van der Waals surface area contributed by atoms with Gasteiger partial charge in [-0.3, -0.25) is 0 Å². The summed E-state index contributed by atoms with van der Waals surface area (Å²) in [5.74, 6) is 1.56. The number of nitrogens with one attached hydrogen (secondary N) is 1. The molecule has 24 heavy (non-hydrogen) atoms. The lowest BCUT2D eigenvalue weighted by molar-refractivity contribution is 0.812. The fourth-order valence-corrected chi connectivity index (χ4v) is 3.48. The Hall–Kier alpha value is -2.26. The van der Waals surface area contributed by atoms with Crippen molar-refractivity contribution in [3.8, 4) is 16.9 Å². The number of aromatic nitrogens is 2. The largest absolute Gasteiger partial charge is 0.369 e. The van der Waals surface area contributed by atoms with Crippen molar-refractivity contribution in [3.05, 3.63) is 64.7 Å². The van der Waals surface area contributed by atoms with Crippen molar-refractivity contribution < 1.29 is 0 Å². The SMILES string of the molecule is CC(C)c1ccccc1-n1nc(-c2ccc(Cl)cc2)c2c1NCC2. The summed E-state index contributed by atoms with van der Waals surface area (Å²) in [5.41, 5.74) is 5.90. The van der Waals surface area contributed by atoms with Crippen LogP contribution in [0.15, 0.2) is 48.5 Å². The van der Waals surface area contributed by atoms with Gasteiger partial charge in [-0.15, -0.1) is 0 Å². The first-order valence-corrected chi connectivity index (χ1v) is 8.74. The maximum absolute atomic E-state index is 6.04. The van der Waals surface area contributed by atoms with E-state index in [0.29, 0.717) is 5.92 Å².